The van der Waals surface area contributed by atoms with Crippen LogP contribution in [0.2, 0.25) is 0 Å². The highest BCUT2D eigenvalue weighted by Gasteiger charge is 2.04. The molecule has 0 fully saturated rings. The van der Waals surface area contributed by atoms with E-state index in [1.165, 1.54) is 25.0 Å². The third kappa shape index (κ3) is 6.58. The molecular formula is C16H26FNO. The van der Waals surface area contributed by atoms with Gasteiger partial charge >= 0.3 is 0 Å². The fraction of sp³-hybridized carbons (Fsp3) is 0.625. The molecule has 0 radical (unpaired) electrons. The van der Waals surface area contributed by atoms with E-state index < -0.39 is 0 Å². The van der Waals surface area contributed by atoms with Crippen LogP contribution >= 0.6 is 0 Å². The van der Waals surface area contributed by atoms with Crippen LogP contribution in [0.4, 0.5) is 4.39 Å². The lowest BCUT2D eigenvalue weighted by Crippen LogP contribution is -2.30. The normalized spacial score (nSPS) is 12.7. The average Bonchev–Trinajstić information content (AvgIpc) is 2.36. The number of hydrogen-bond donors (Lipinski definition) is 1. The minimum absolute atomic E-state index is 0.251. The highest BCUT2D eigenvalue weighted by atomic mass is 19.1. The fourth-order valence-electron chi connectivity index (χ4n) is 1.88. The van der Waals surface area contributed by atoms with Crippen molar-refractivity contribution in [1.82, 2.24) is 5.32 Å². The molecule has 1 aromatic carbocycles. The summed E-state index contributed by atoms with van der Waals surface area (Å²) in [6.45, 7) is 9.94. The smallest absolute Gasteiger partial charge is 0.126 e. The minimum Gasteiger partial charge on any atom is -0.492 e. The molecule has 0 aromatic heterocycles. The monoisotopic (exact) mass is 267 g/mol. The molecule has 108 valence electrons. The Morgan fingerprint density at radius 3 is 2.63 bits per heavy atom. The first-order valence-electron chi connectivity index (χ1n) is 7.11. The van der Waals surface area contributed by atoms with Gasteiger partial charge in [0.1, 0.15) is 18.2 Å². The van der Waals surface area contributed by atoms with Gasteiger partial charge in [-0.25, -0.2) is 4.39 Å². The van der Waals surface area contributed by atoms with Gasteiger partial charge in [0.05, 0.1) is 0 Å². The molecule has 1 atom stereocenters. The maximum Gasteiger partial charge on any atom is 0.126 e. The van der Waals surface area contributed by atoms with Crippen molar-refractivity contribution < 1.29 is 9.13 Å². The molecule has 1 N–H and O–H groups in total. The summed E-state index contributed by atoms with van der Waals surface area (Å²) in [7, 11) is 0. The summed E-state index contributed by atoms with van der Waals surface area (Å²) < 4.78 is 18.7. The first-order valence-corrected chi connectivity index (χ1v) is 7.11. The van der Waals surface area contributed by atoms with Crippen LogP contribution in [0.15, 0.2) is 18.2 Å². The Morgan fingerprint density at radius 1 is 1.21 bits per heavy atom. The second-order valence-corrected chi connectivity index (χ2v) is 5.58. The van der Waals surface area contributed by atoms with Crippen molar-refractivity contribution in [1.29, 1.82) is 0 Å². The number of hydrogen-bond acceptors (Lipinski definition) is 2. The first-order chi connectivity index (χ1) is 8.99. The van der Waals surface area contributed by atoms with Crippen LogP contribution in [0, 0.1) is 18.7 Å². The van der Waals surface area contributed by atoms with Crippen molar-refractivity contribution in [3.63, 3.8) is 0 Å². The van der Waals surface area contributed by atoms with Gasteiger partial charge in [-0.05, 0) is 44.2 Å². The zero-order valence-corrected chi connectivity index (χ0v) is 12.5. The Labute approximate surface area is 116 Å². The van der Waals surface area contributed by atoms with Crippen molar-refractivity contribution in [3.05, 3.63) is 29.6 Å². The van der Waals surface area contributed by atoms with E-state index in [-0.39, 0.29) is 5.82 Å². The number of halogens is 1. The van der Waals surface area contributed by atoms with Crippen molar-refractivity contribution in [2.75, 3.05) is 13.2 Å². The molecule has 2 nitrogen and oxygen atoms in total. The Kier molecular flexibility index (Phi) is 6.85. The Hall–Kier alpha value is -1.09. The standard InChI is InChI=1S/C16H26FNO/c1-12(2)5-7-14(4)18-9-10-19-16-11-15(17)8-6-13(16)3/h6,8,11-12,14,18H,5,7,9-10H2,1-4H3. The predicted molar refractivity (Wildman–Crippen MR) is 78.2 cm³/mol. The molecule has 0 saturated heterocycles. The maximum atomic E-state index is 13.1. The number of ether oxygens (including phenoxy) is 1. The van der Waals surface area contributed by atoms with E-state index in [9.17, 15) is 4.39 Å². The first kappa shape index (κ1) is 16.0. The van der Waals surface area contributed by atoms with Gasteiger partial charge in [-0.3, -0.25) is 0 Å². The predicted octanol–water partition coefficient (Wildman–Crippen LogP) is 3.93. The molecule has 19 heavy (non-hydrogen) atoms. The summed E-state index contributed by atoms with van der Waals surface area (Å²) in [5.74, 6) is 1.13. The lowest BCUT2D eigenvalue weighted by atomic mass is 10.0. The van der Waals surface area contributed by atoms with Crippen LogP contribution in [-0.4, -0.2) is 19.2 Å². The van der Waals surface area contributed by atoms with Crippen LogP contribution in [0.25, 0.3) is 0 Å². The van der Waals surface area contributed by atoms with Crippen LogP contribution in [0.1, 0.15) is 39.2 Å². The van der Waals surface area contributed by atoms with E-state index in [2.05, 4.69) is 26.1 Å². The van der Waals surface area contributed by atoms with Gasteiger partial charge in [0.15, 0.2) is 0 Å². The van der Waals surface area contributed by atoms with Crippen LogP contribution in [-0.2, 0) is 0 Å². The van der Waals surface area contributed by atoms with Gasteiger partial charge in [-0.15, -0.1) is 0 Å². The largest absolute Gasteiger partial charge is 0.492 e. The number of aryl methyl sites for hydroxylation is 1. The van der Waals surface area contributed by atoms with E-state index >= 15 is 0 Å². The highest BCUT2D eigenvalue weighted by molar-refractivity contribution is 5.32. The molecule has 0 spiro atoms. The molecule has 0 aliphatic rings. The van der Waals surface area contributed by atoms with E-state index in [0.717, 1.165) is 18.0 Å². The van der Waals surface area contributed by atoms with Crippen molar-refractivity contribution >= 4 is 0 Å². The molecule has 0 saturated carbocycles. The Balaban J connectivity index is 2.21. The zero-order chi connectivity index (χ0) is 14.3. The second kappa shape index (κ2) is 8.16. The summed E-state index contributed by atoms with van der Waals surface area (Å²) in [5.41, 5.74) is 0.967. The summed E-state index contributed by atoms with van der Waals surface area (Å²) in [4.78, 5) is 0. The van der Waals surface area contributed by atoms with Crippen LogP contribution in [0.3, 0.4) is 0 Å². The van der Waals surface area contributed by atoms with Crippen molar-refractivity contribution in [2.45, 2.75) is 46.6 Å². The Bertz CT molecular complexity index is 379. The third-order valence-corrected chi connectivity index (χ3v) is 3.18. The maximum absolute atomic E-state index is 13.1. The summed E-state index contributed by atoms with van der Waals surface area (Å²) in [5, 5.41) is 3.42. The molecule has 1 unspecified atom stereocenters. The highest BCUT2D eigenvalue weighted by Crippen LogP contribution is 2.18. The molecule has 0 aliphatic carbocycles. The van der Waals surface area contributed by atoms with E-state index in [4.69, 9.17) is 4.74 Å². The number of benzene rings is 1. The van der Waals surface area contributed by atoms with Gasteiger partial charge in [-0.2, -0.15) is 0 Å². The summed E-state index contributed by atoms with van der Waals surface area (Å²) in [6.07, 6.45) is 2.41. The van der Waals surface area contributed by atoms with Crippen LogP contribution in [0.5, 0.6) is 5.75 Å². The molecule has 0 bridgehead atoms. The van der Waals surface area contributed by atoms with Gasteiger partial charge in [0.25, 0.3) is 0 Å². The van der Waals surface area contributed by atoms with Gasteiger partial charge in [0, 0.05) is 18.7 Å². The third-order valence-electron chi connectivity index (χ3n) is 3.18. The van der Waals surface area contributed by atoms with E-state index in [1.807, 2.05) is 6.92 Å². The van der Waals surface area contributed by atoms with E-state index in [0.29, 0.717) is 18.4 Å². The quantitative estimate of drug-likeness (QED) is 0.721. The molecule has 0 amide bonds. The van der Waals surface area contributed by atoms with Gasteiger partial charge in [0.2, 0.25) is 0 Å². The molecule has 3 heteroatoms. The second-order valence-electron chi connectivity index (χ2n) is 5.58. The minimum atomic E-state index is -0.251. The number of rotatable bonds is 8. The van der Waals surface area contributed by atoms with Gasteiger partial charge in [-0.1, -0.05) is 19.9 Å². The fourth-order valence-corrected chi connectivity index (χ4v) is 1.88. The summed E-state index contributed by atoms with van der Waals surface area (Å²) >= 11 is 0. The summed E-state index contributed by atoms with van der Waals surface area (Å²) in [6, 6.07) is 5.13. The van der Waals surface area contributed by atoms with Crippen LogP contribution < -0.4 is 10.1 Å². The zero-order valence-electron chi connectivity index (χ0n) is 12.5. The topological polar surface area (TPSA) is 21.3 Å². The Morgan fingerprint density at radius 2 is 1.95 bits per heavy atom. The van der Waals surface area contributed by atoms with Crippen molar-refractivity contribution in [2.24, 2.45) is 5.92 Å². The lowest BCUT2D eigenvalue weighted by molar-refractivity contribution is 0.300. The van der Waals surface area contributed by atoms with Gasteiger partial charge < -0.3 is 10.1 Å². The molecular weight excluding hydrogens is 241 g/mol. The number of nitrogens with one attached hydrogen (secondary N) is 1. The molecule has 1 rings (SSSR count). The molecule has 0 heterocycles. The molecule has 1 aromatic rings. The molecule has 0 aliphatic heterocycles. The SMILES string of the molecule is Cc1ccc(F)cc1OCCNC(C)CCC(C)C. The van der Waals surface area contributed by atoms with E-state index in [1.54, 1.807) is 6.07 Å². The lowest BCUT2D eigenvalue weighted by Gasteiger charge is -2.15. The average molecular weight is 267 g/mol. The van der Waals surface area contributed by atoms with Crippen molar-refractivity contribution in [3.8, 4) is 5.75 Å².